The first kappa shape index (κ1) is 13.9. The van der Waals surface area contributed by atoms with Crippen molar-refractivity contribution < 1.29 is 4.74 Å². The summed E-state index contributed by atoms with van der Waals surface area (Å²) >= 11 is 5.99. The number of hydrogen-bond acceptors (Lipinski definition) is 3. The predicted octanol–water partition coefficient (Wildman–Crippen LogP) is 2.73. The molecule has 1 aromatic carbocycles. The number of nitrogens with one attached hydrogen (secondary N) is 1. The van der Waals surface area contributed by atoms with Crippen molar-refractivity contribution in [3.63, 3.8) is 0 Å². The van der Waals surface area contributed by atoms with Crippen molar-refractivity contribution in [2.75, 3.05) is 13.7 Å². The molecule has 0 aliphatic rings. The van der Waals surface area contributed by atoms with E-state index in [2.05, 4.69) is 10.4 Å². The van der Waals surface area contributed by atoms with Crippen molar-refractivity contribution in [2.45, 2.75) is 19.5 Å². The molecule has 0 aliphatic carbocycles. The smallest absolute Gasteiger partial charge is 0.123 e. The predicted molar refractivity (Wildman–Crippen MR) is 76.6 cm³/mol. The molecule has 0 spiro atoms. The van der Waals surface area contributed by atoms with Gasteiger partial charge in [-0.05, 0) is 37.2 Å². The molecule has 2 aromatic rings. The Morgan fingerprint density at radius 3 is 3.05 bits per heavy atom. The molecular formula is C14H18ClN3O. The Morgan fingerprint density at radius 1 is 1.42 bits per heavy atom. The van der Waals surface area contributed by atoms with Crippen LogP contribution in [0.4, 0.5) is 0 Å². The third kappa shape index (κ3) is 4.26. The van der Waals surface area contributed by atoms with E-state index >= 15 is 0 Å². The number of methoxy groups -OCH3 is 1. The lowest BCUT2D eigenvalue weighted by atomic mass is 10.2. The van der Waals surface area contributed by atoms with E-state index in [0.29, 0.717) is 0 Å². The van der Waals surface area contributed by atoms with Crippen LogP contribution >= 0.6 is 11.6 Å². The number of nitrogens with zero attached hydrogens (tertiary/aromatic N) is 2. The largest absolute Gasteiger partial charge is 0.496 e. The summed E-state index contributed by atoms with van der Waals surface area (Å²) in [5.74, 6) is 0.865. The highest BCUT2D eigenvalue weighted by Crippen LogP contribution is 2.22. The van der Waals surface area contributed by atoms with E-state index in [1.807, 2.05) is 35.1 Å². The van der Waals surface area contributed by atoms with E-state index in [1.165, 1.54) is 0 Å². The van der Waals surface area contributed by atoms with Crippen molar-refractivity contribution >= 4 is 11.6 Å². The Balaban J connectivity index is 1.74. The minimum absolute atomic E-state index is 0.731. The molecule has 0 saturated heterocycles. The highest BCUT2D eigenvalue weighted by Gasteiger charge is 2.03. The molecule has 0 atom stereocenters. The van der Waals surface area contributed by atoms with E-state index in [-0.39, 0.29) is 0 Å². The molecule has 102 valence electrons. The molecule has 1 N–H and O–H groups in total. The standard InChI is InChI=1S/C14H18ClN3O/c1-19-14-5-4-13(15)10-12(14)11-16-6-2-8-18-9-3-7-17-18/h3-5,7,9-10,16H,2,6,8,11H2,1H3. The van der Waals surface area contributed by atoms with Crippen molar-refractivity contribution in [1.29, 1.82) is 0 Å². The van der Waals surface area contributed by atoms with Gasteiger partial charge in [0.05, 0.1) is 7.11 Å². The second-order valence-electron chi connectivity index (χ2n) is 4.26. The fourth-order valence-electron chi connectivity index (χ4n) is 1.91. The number of halogens is 1. The van der Waals surface area contributed by atoms with Gasteiger partial charge < -0.3 is 10.1 Å². The van der Waals surface area contributed by atoms with Crippen LogP contribution in [0.3, 0.4) is 0 Å². The summed E-state index contributed by atoms with van der Waals surface area (Å²) in [5.41, 5.74) is 1.08. The molecule has 2 rings (SSSR count). The van der Waals surface area contributed by atoms with Crippen LogP contribution in [-0.4, -0.2) is 23.4 Å². The van der Waals surface area contributed by atoms with Gasteiger partial charge in [-0.2, -0.15) is 5.10 Å². The first-order valence-corrected chi connectivity index (χ1v) is 6.68. The molecule has 0 unspecified atom stereocenters. The van der Waals surface area contributed by atoms with Crippen molar-refractivity contribution in [3.05, 3.63) is 47.2 Å². The van der Waals surface area contributed by atoms with Gasteiger partial charge in [0.15, 0.2) is 0 Å². The van der Waals surface area contributed by atoms with E-state index < -0.39 is 0 Å². The molecule has 0 bridgehead atoms. The van der Waals surface area contributed by atoms with E-state index in [0.717, 1.165) is 42.4 Å². The molecule has 0 saturated carbocycles. The third-order valence-corrected chi connectivity index (χ3v) is 3.09. The van der Waals surface area contributed by atoms with Gasteiger partial charge >= 0.3 is 0 Å². The van der Waals surface area contributed by atoms with E-state index in [9.17, 15) is 0 Å². The van der Waals surface area contributed by atoms with Gasteiger partial charge in [-0.3, -0.25) is 4.68 Å². The zero-order chi connectivity index (χ0) is 13.5. The molecule has 4 nitrogen and oxygen atoms in total. The van der Waals surface area contributed by atoms with Crippen molar-refractivity contribution in [2.24, 2.45) is 0 Å². The molecule has 0 radical (unpaired) electrons. The van der Waals surface area contributed by atoms with Gasteiger partial charge in [0, 0.05) is 36.1 Å². The van der Waals surface area contributed by atoms with Gasteiger partial charge in [0.1, 0.15) is 5.75 Å². The summed E-state index contributed by atoms with van der Waals surface area (Å²) in [6, 6.07) is 7.59. The molecule has 19 heavy (non-hydrogen) atoms. The Labute approximate surface area is 118 Å². The number of ether oxygens (including phenoxy) is 1. The van der Waals surface area contributed by atoms with Crippen molar-refractivity contribution in [1.82, 2.24) is 15.1 Å². The Bertz CT molecular complexity index is 499. The summed E-state index contributed by atoms with van der Waals surface area (Å²) in [5, 5.41) is 8.28. The SMILES string of the molecule is COc1ccc(Cl)cc1CNCCCn1cccn1. The summed E-state index contributed by atoms with van der Waals surface area (Å²) < 4.78 is 7.24. The van der Waals surface area contributed by atoms with Crippen molar-refractivity contribution in [3.8, 4) is 5.75 Å². The molecule has 1 aromatic heterocycles. The van der Waals surface area contributed by atoms with Gasteiger partial charge in [0.25, 0.3) is 0 Å². The van der Waals surface area contributed by atoms with Gasteiger partial charge in [0.2, 0.25) is 0 Å². The molecular weight excluding hydrogens is 262 g/mol. The number of benzene rings is 1. The minimum Gasteiger partial charge on any atom is -0.496 e. The second-order valence-corrected chi connectivity index (χ2v) is 4.69. The minimum atomic E-state index is 0.731. The Kier molecular flexibility index (Phi) is 5.24. The molecule has 0 amide bonds. The van der Waals surface area contributed by atoms with Crippen LogP contribution in [0.15, 0.2) is 36.7 Å². The van der Waals surface area contributed by atoms with Crippen LogP contribution in [-0.2, 0) is 13.1 Å². The lowest BCUT2D eigenvalue weighted by Crippen LogP contribution is -2.17. The fraction of sp³-hybridized carbons (Fsp3) is 0.357. The monoisotopic (exact) mass is 279 g/mol. The lowest BCUT2D eigenvalue weighted by Gasteiger charge is -2.10. The molecule has 0 aliphatic heterocycles. The van der Waals surface area contributed by atoms with Crippen LogP contribution in [0.5, 0.6) is 5.75 Å². The summed E-state index contributed by atoms with van der Waals surface area (Å²) in [4.78, 5) is 0. The average Bonchev–Trinajstić information content (AvgIpc) is 2.92. The number of rotatable bonds is 7. The molecule has 5 heteroatoms. The number of hydrogen-bond donors (Lipinski definition) is 1. The third-order valence-electron chi connectivity index (χ3n) is 2.86. The zero-order valence-corrected chi connectivity index (χ0v) is 11.7. The number of aromatic nitrogens is 2. The summed E-state index contributed by atoms with van der Waals surface area (Å²) in [6.07, 6.45) is 4.80. The first-order chi connectivity index (χ1) is 9.29. The topological polar surface area (TPSA) is 39.1 Å². The molecule has 0 fully saturated rings. The molecule has 1 heterocycles. The maximum atomic E-state index is 5.99. The zero-order valence-electron chi connectivity index (χ0n) is 11.0. The summed E-state index contributed by atoms with van der Waals surface area (Å²) in [7, 11) is 1.67. The summed E-state index contributed by atoms with van der Waals surface area (Å²) in [6.45, 7) is 2.60. The Morgan fingerprint density at radius 2 is 2.32 bits per heavy atom. The Hall–Kier alpha value is -1.52. The van der Waals surface area contributed by atoms with Crippen LogP contribution < -0.4 is 10.1 Å². The second kappa shape index (κ2) is 7.16. The quantitative estimate of drug-likeness (QED) is 0.792. The fourth-order valence-corrected chi connectivity index (χ4v) is 2.10. The van der Waals surface area contributed by atoms with Gasteiger partial charge in [-0.15, -0.1) is 0 Å². The van der Waals surface area contributed by atoms with Crippen LogP contribution in [0.25, 0.3) is 0 Å². The van der Waals surface area contributed by atoms with Gasteiger partial charge in [-0.1, -0.05) is 11.6 Å². The maximum Gasteiger partial charge on any atom is 0.123 e. The van der Waals surface area contributed by atoms with Crippen LogP contribution in [0.2, 0.25) is 5.02 Å². The van der Waals surface area contributed by atoms with Crippen LogP contribution in [0.1, 0.15) is 12.0 Å². The lowest BCUT2D eigenvalue weighted by molar-refractivity contribution is 0.407. The highest BCUT2D eigenvalue weighted by atomic mass is 35.5. The first-order valence-electron chi connectivity index (χ1n) is 6.30. The number of aryl methyl sites for hydroxylation is 1. The van der Waals surface area contributed by atoms with Crippen LogP contribution in [0, 0.1) is 0 Å². The highest BCUT2D eigenvalue weighted by molar-refractivity contribution is 6.30. The average molecular weight is 280 g/mol. The normalized spacial score (nSPS) is 10.6. The van der Waals surface area contributed by atoms with E-state index in [1.54, 1.807) is 13.3 Å². The maximum absolute atomic E-state index is 5.99. The van der Waals surface area contributed by atoms with Gasteiger partial charge in [-0.25, -0.2) is 0 Å². The van der Waals surface area contributed by atoms with E-state index in [4.69, 9.17) is 16.3 Å².